The normalized spacial score (nSPS) is 15.3. The van der Waals surface area contributed by atoms with Crippen molar-refractivity contribution in [1.82, 2.24) is 0 Å². The third-order valence-corrected chi connectivity index (χ3v) is 3.93. The number of rotatable bonds is 1. The summed E-state index contributed by atoms with van der Waals surface area (Å²) in [5, 5.41) is 10.2. The molecule has 0 aliphatic heterocycles. The summed E-state index contributed by atoms with van der Waals surface area (Å²) in [5.41, 5.74) is 2.80. The number of aliphatic hydroxyl groups is 1. The van der Waals surface area contributed by atoms with Gasteiger partial charge >= 0.3 is 0 Å². The summed E-state index contributed by atoms with van der Waals surface area (Å²) in [4.78, 5) is 0. The van der Waals surface area contributed by atoms with Crippen molar-refractivity contribution in [3.8, 4) is 0 Å². The zero-order valence-electron chi connectivity index (χ0n) is 12.9. The molecule has 0 aliphatic carbocycles. The highest BCUT2D eigenvalue weighted by Gasteiger charge is 2.33. The molecule has 1 atom stereocenters. The highest BCUT2D eigenvalue weighted by atomic mass is 35.6. The quantitative estimate of drug-likeness (QED) is 0.653. The van der Waals surface area contributed by atoms with Gasteiger partial charge in [0.05, 0.1) is 0 Å². The summed E-state index contributed by atoms with van der Waals surface area (Å²) in [6.07, 6.45) is -1.14. The Labute approximate surface area is 137 Å². The Kier molecular flexibility index (Phi) is 5.14. The molecule has 0 saturated heterocycles. The minimum absolute atomic E-state index is 0.0384. The summed E-state index contributed by atoms with van der Waals surface area (Å²) in [6, 6.07) is 6.00. The SMILES string of the molecule is CC(C)(C)c1cc(C(O)C(Cl)(Cl)Cl)cc(C(C)(C)C)c1. The van der Waals surface area contributed by atoms with Gasteiger partial charge in [-0.05, 0) is 27.5 Å². The fourth-order valence-electron chi connectivity index (χ4n) is 1.86. The van der Waals surface area contributed by atoms with Crippen LogP contribution in [0.15, 0.2) is 18.2 Å². The van der Waals surface area contributed by atoms with E-state index in [0.717, 1.165) is 11.1 Å². The monoisotopic (exact) mass is 336 g/mol. The first-order valence-electron chi connectivity index (χ1n) is 6.63. The van der Waals surface area contributed by atoms with Crippen LogP contribution in [0.2, 0.25) is 0 Å². The molecule has 0 aliphatic rings. The van der Waals surface area contributed by atoms with Crippen LogP contribution < -0.4 is 0 Å². The molecular weight excluding hydrogens is 315 g/mol. The highest BCUT2D eigenvalue weighted by Crippen LogP contribution is 2.41. The molecule has 1 nitrogen and oxygen atoms in total. The van der Waals surface area contributed by atoms with Crippen LogP contribution in [0.4, 0.5) is 0 Å². The third-order valence-electron chi connectivity index (χ3n) is 3.31. The molecule has 0 radical (unpaired) electrons. The molecule has 1 aromatic rings. The molecule has 1 N–H and O–H groups in total. The molecule has 20 heavy (non-hydrogen) atoms. The van der Waals surface area contributed by atoms with Gasteiger partial charge in [-0.3, -0.25) is 0 Å². The standard InChI is InChI=1S/C16H23Cl3O/c1-14(2,3)11-7-10(13(20)16(17,18)19)8-12(9-11)15(4,5)6/h7-9,13,20H,1-6H3. The van der Waals surface area contributed by atoms with Gasteiger partial charge in [-0.15, -0.1) is 0 Å². The second kappa shape index (κ2) is 5.68. The van der Waals surface area contributed by atoms with Crippen LogP contribution in [0.25, 0.3) is 0 Å². The van der Waals surface area contributed by atoms with Crippen molar-refractivity contribution in [2.75, 3.05) is 0 Å². The molecule has 1 aromatic carbocycles. The van der Waals surface area contributed by atoms with E-state index in [1.165, 1.54) is 0 Å². The Morgan fingerprint density at radius 3 is 1.40 bits per heavy atom. The van der Waals surface area contributed by atoms with Gasteiger partial charge in [-0.25, -0.2) is 0 Å². The van der Waals surface area contributed by atoms with Crippen LogP contribution >= 0.6 is 34.8 Å². The van der Waals surface area contributed by atoms with Gasteiger partial charge in [0, 0.05) is 0 Å². The molecule has 1 rings (SSSR count). The maximum Gasteiger partial charge on any atom is 0.220 e. The Balaban J connectivity index is 3.47. The summed E-state index contributed by atoms with van der Waals surface area (Å²) in [5.74, 6) is 0. The highest BCUT2D eigenvalue weighted by molar-refractivity contribution is 6.68. The Morgan fingerprint density at radius 1 is 0.800 bits per heavy atom. The van der Waals surface area contributed by atoms with Crippen LogP contribution in [0, 0.1) is 0 Å². The first-order chi connectivity index (χ1) is 8.73. The Hall–Kier alpha value is 0.0500. The molecule has 0 amide bonds. The van der Waals surface area contributed by atoms with E-state index in [1.54, 1.807) is 0 Å². The largest absolute Gasteiger partial charge is 0.384 e. The minimum Gasteiger partial charge on any atom is -0.384 e. The fourth-order valence-corrected chi connectivity index (χ4v) is 2.24. The molecule has 0 heterocycles. The number of hydrogen-bond donors (Lipinski definition) is 1. The van der Waals surface area contributed by atoms with Crippen molar-refractivity contribution in [2.24, 2.45) is 0 Å². The third kappa shape index (κ3) is 4.53. The Bertz CT molecular complexity index is 444. The first kappa shape index (κ1) is 18.1. The summed E-state index contributed by atoms with van der Waals surface area (Å²) in [7, 11) is 0. The van der Waals surface area contributed by atoms with Crippen LogP contribution in [-0.4, -0.2) is 8.90 Å². The van der Waals surface area contributed by atoms with Gasteiger partial charge < -0.3 is 5.11 Å². The Morgan fingerprint density at radius 2 is 1.15 bits per heavy atom. The lowest BCUT2D eigenvalue weighted by molar-refractivity contribution is 0.182. The molecule has 0 aromatic heterocycles. The fraction of sp³-hybridized carbons (Fsp3) is 0.625. The number of aliphatic hydroxyl groups excluding tert-OH is 1. The number of hydrogen-bond acceptors (Lipinski definition) is 1. The number of halogens is 3. The van der Waals surface area contributed by atoms with E-state index in [9.17, 15) is 5.11 Å². The van der Waals surface area contributed by atoms with E-state index < -0.39 is 9.90 Å². The second-order valence-corrected chi connectivity index (χ2v) is 9.66. The van der Waals surface area contributed by atoms with Gasteiger partial charge in [0.15, 0.2) is 0 Å². The predicted octanol–water partition coefficient (Wildman–Crippen LogP) is 5.69. The van der Waals surface area contributed by atoms with E-state index in [1.807, 2.05) is 12.1 Å². The molecular formula is C16H23Cl3O. The second-order valence-electron chi connectivity index (χ2n) is 7.29. The molecule has 0 spiro atoms. The molecule has 0 saturated carbocycles. The van der Waals surface area contributed by atoms with Gasteiger partial charge in [0.2, 0.25) is 3.79 Å². The maximum atomic E-state index is 10.2. The van der Waals surface area contributed by atoms with Crippen molar-refractivity contribution in [3.05, 3.63) is 34.9 Å². The van der Waals surface area contributed by atoms with Gasteiger partial charge in [-0.1, -0.05) is 94.5 Å². The average molecular weight is 338 g/mol. The van der Waals surface area contributed by atoms with Crippen molar-refractivity contribution < 1.29 is 5.11 Å². The molecule has 1 unspecified atom stereocenters. The van der Waals surface area contributed by atoms with Gasteiger partial charge in [0.1, 0.15) is 6.10 Å². The van der Waals surface area contributed by atoms with Gasteiger partial charge in [0.25, 0.3) is 0 Å². The van der Waals surface area contributed by atoms with E-state index in [4.69, 9.17) is 34.8 Å². The zero-order valence-corrected chi connectivity index (χ0v) is 15.2. The lowest BCUT2D eigenvalue weighted by Crippen LogP contribution is -2.21. The van der Waals surface area contributed by atoms with E-state index >= 15 is 0 Å². The molecule has 114 valence electrons. The number of alkyl halides is 3. The van der Waals surface area contributed by atoms with Crippen molar-refractivity contribution in [1.29, 1.82) is 0 Å². The lowest BCUT2D eigenvalue weighted by Gasteiger charge is -2.28. The van der Waals surface area contributed by atoms with Crippen molar-refractivity contribution in [2.45, 2.75) is 62.3 Å². The van der Waals surface area contributed by atoms with Crippen molar-refractivity contribution in [3.63, 3.8) is 0 Å². The summed E-state index contributed by atoms with van der Waals surface area (Å²) < 4.78 is -1.73. The lowest BCUT2D eigenvalue weighted by atomic mass is 9.79. The summed E-state index contributed by atoms with van der Waals surface area (Å²) in [6.45, 7) is 12.8. The minimum atomic E-state index is -1.73. The number of benzene rings is 1. The smallest absolute Gasteiger partial charge is 0.220 e. The van der Waals surface area contributed by atoms with E-state index in [-0.39, 0.29) is 10.8 Å². The average Bonchev–Trinajstić information content (AvgIpc) is 2.23. The van der Waals surface area contributed by atoms with E-state index in [0.29, 0.717) is 5.56 Å². The van der Waals surface area contributed by atoms with Crippen LogP contribution in [0.1, 0.15) is 64.3 Å². The molecule has 0 bridgehead atoms. The van der Waals surface area contributed by atoms with Crippen LogP contribution in [-0.2, 0) is 10.8 Å². The topological polar surface area (TPSA) is 20.2 Å². The van der Waals surface area contributed by atoms with Crippen LogP contribution in [0.3, 0.4) is 0 Å². The molecule has 4 heteroatoms. The van der Waals surface area contributed by atoms with Gasteiger partial charge in [-0.2, -0.15) is 0 Å². The molecule has 0 fully saturated rings. The first-order valence-corrected chi connectivity index (χ1v) is 7.77. The van der Waals surface area contributed by atoms with Crippen LogP contribution in [0.5, 0.6) is 0 Å². The zero-order chi connectivity index (χ0) is 15.9. The maximum absolute atomic E-state index is 10.2. The predicted molar refractivity (Wildman–Crippen MR) is 89.1 cm³/mol. The summed E-state index contributed by atoms with van der Waals surface area (Å²) >= 11 is 17.5. The van der Waals surface area contributed by atoms with E-state index in [2.05, 4.69) is 47.6 Å². The van der Waals surface area contributed by atoms with Crippen molar-refractivity contribution >= 4 is 34.8 Å².